The van der Waals surface area contributed by atoms with Gasteiger partial charge >= 0.3 is 5.97 Å². The molecule has 0 saturated heterocycles. The van der Waals surface area contributed by atoms with Crippen molar-refractivity contribution < 1.29 is 14.6 Å². The number of carbonyl (C=O) groups is 1. The molecule has 1 aromatic heterocycles. The number of carboxylic acid groups (broad SMARTS) is 1. The summed E-state index contributed by atoms with van der Waals surface area (Å²) in [6, 6.07) is 22.5. The van der Waals surface area contributed by atoms with Gasteiger partial charge in [-0.15, -0.1) is 0 Å². The summed E-state index contributed by atoms with van der Waals surface area (Å²) in [7, 11) is 0. The van der Waals surface area contributed by atoms with Gasteiger partial charge in [-0.25, -0.2) is 0 Å². The monoisotopic (exact) mass is 373 g/mol. The predicted octanol–water partition coefficient (Wildman–Crippen LogP) is 5.28. The molecule has 4 rings (SSSR count). The molecule has 142 valence electrons. The highest BCUT2D eigenvalue weighted by molar-refractivity contribution is 5.88. The lowest BCUT2D eigenvalue weighted by molar-refractivity contribution is -0.137. The molecular weight excluding hydrogens is 350 g/mol. The van der Waals surface area contributed by atoms with E-state index in [0.29, 0.717) is 13.2 Å². The van der Waals surface area contributed by atoms with E-state index in [1.54, 1.807) is 0 Å². The van der Waals surface area contributed by atoms with E-state index in [1.807, 2.05) is 47.0 Å². The summed E-state index contributed by atoms with van der Waals surface area (Å²) in [5, 5.41) is 12.5. The molecule has 0 aliphatic heterocycles. The molecule has 4 aromatic rings. The SMILES string of the molecule is O=C(O)CCn1cc(CCCOc2cccc3ccccc23)c2ccccc21. The van der Waals surface area contributed by atoms with Gasteiger partial charge in [0, 0.05) is 29.0 Å². The van der Waals surface area contributed by atoms with Crippen molar-refractivity contribution >= 4 is 27.6 Å². The Balaban J connectivity index is 1.43. The van der Waals surface area contributed by atoms with Crippen LogP contribution >= 0.6 is 0 Å². The maximum atomic E-state index is 10.9. The topological polar surface area (TPSA) is 51.5 Å². The molecule has 0 aliphatic carbocycles. The number of aryl methyl sites for hydroxylation is 2. The molecule has 0 saturated carbocycles. The highest BCUT2D eigenvalue weighted by Crippen LogP contribution is 2.26. The van der Waals surface area contributed by atoms with Crippen molar-refractivity contribution in [3.8, 4) is 5.75 Å². The van der Waals surface area contributed by atoms with Gasteiger partial charge < -0.3 is 14.4 Å². The van der Waals surface area contributed by atoms with E-state index in [1.165, 1.54) is 16.3 Å². The minimum absolute atomic E-state index is 0.127. The molecule has 0 fully saturated rings. The molecule has 3 aromatic carbocycles. The second-order valence-corrected chi connectivity index (χ2v) is 6.94. The van der Waals surface area contributed by atoms with E-state index in [2.05, 4.69) is 30.5 Å². The van der Waals surface area contributed by atoms with Gasteiger partial charge in [0.15, 0.2) is 0 Å². The fourth-order valence-corrected chi connectivity index (χ4v) is 3.69. The van der Waals surface area contributed by atoms with Gasteiger partial charge in [-0.1, -0.05) is 54.6 Å². The standard InChI is InChI=1S/C24H23NO3/c26-24(27)14-15-25-17-19(20-10-3-4-12-22(20)25)9-6-16-28-23-13-5-8-18-7-1-2-11-21(18)23/h1-5,7-8,10-13,17H,6,9,14-16H2,(H,26,27). The number of carboxylic acids is 1. The van der Waals surface area contributed by atoms with E-state index in [-0.39, 0.29) is 6.42 Å². The lowest BCUT2D eigenvalue weighted by Crippen LogP contribution is -2.03. The molecule has 0 atom stereocenters. The van der Waals surface area contributed by atoms with Crippen LogP contribution in [0.2, 0.25) is 0 Å². The third-order valence-corrected chi connectivity index (χ3v) is 5.04. The maximum Gasteiger partial charge on any atom is 0.305 e. The number of aromatic nitrogens is 1. The number of hydrogen-bond acceptors (Lipinski definition) is 2. The van der Waals surface area contributed by atoms with Crippen molar-refractivity contribution in [2.45, 2.75) is 25.8 Å². The van der Waals surface area contributed by atoms with Gasteiger partial charge in [-0.3, -0.25) is 4.79 Å². The summed E-state index contributed by atoms with van der Waals surface area (Å²) in [5.41, 5.74) is 2.33. The lowest BCUT2D eigenvalue weighted by atomic mass is 10.1. The number of ether oxygens (including phenoxy) is 1. The third-order valence-electron chi connectivity index (χ3n) is 5.04. The van der Waals surface area contributed by atoms with Crippen molar-refractivity contribution in [1.82, 2.24) is 4.57 Å². The molecule has 0 amide bonds. The number of rotatable bonds is 8. The zero-order chi connectivity index (χ0) is 19.3. The number of hydrogen-bond donors (Lipinski definition) is 1. The first-order valence-corrected chi connectivity index (χ1v) is 9.61. The Labute approximate surface area is 164 Å². The number of nitrogens with zero attached hydrogens (tertiary/aromatic N) is 1. The number of para-hydroxylation sites is 1. The summed E-state index contributed by atoms with van der Waals surface area (Å²) >= 11 is 0. The second-order valence-electron chi connectivity index (χ2n) is 6.94. The quantitative estimate of drug-likeness (QED) is 0.428. The molecule has 4 nitrogen and oxygen atoms in total. The maximum absolute atomic E-state index is 10.9. The Morgan fingerprint density at radius 1 is 0.929 bits per heavy atom. The molecule has 1 N–H and O–H groups in total. The second kappa shape index (κ2) is 8.17. The molecule has 0 unspecified atom stereocenters. The third kappa shape index (κ3) is 3.86. The average molecular weight is 373 g/mol. The van der Waals surface area contributed by atoms with Crippen molar-refractivity contribution in [1.29, 1.82) is 0 Å². The van der Waals surface area contributed by atoms with Crippen LogP contribution in [0.3, 0.4) is 0 Å². The predicted molar refractivity (Wildman–Crippen MR) is 112 cm³/mol. The van der Waals surface area contributed by atoms with Crippen LogP contribution in [-0.4, -0.2) is 22.2 Å². The number of aliphatic carboxylic acids is 1. The molecule has 1 heterocycles. The van der Waals surface area contributed by atoms with Gasteiger partial charge in [0.25, 0.3) is 0 Å². The minimum Gasteiger partial charge on any atom is -0.493 e. The first-order valence-electron chi connectivity index (χ1n) is 9.61. The van der Waals surface area contributed by atoms with Gasteiger partial charge in [0.2, 0.25) is 0 Å². The van der Waals surface area contributed by atoms with Gasteiger partial charge in [0.05, 0.1) is 13.0 Å². The van der Waals surface area contributed by atoms with Crippen molar-refractivity contribution in [3.63, 3.8) is 0 Å². The number of benzene rings is 3. The van der Waals surface area contributed by atoms with Crippen LogP contribution in [0.5, 0.6) is 5.75 Å². The van der Waals surface area contributed by atoms with Crippen LogP contribution in [0.25, 0.3) is 21.7 Å². The van der Waals surface area contributed by atoms with Crippen molar-refractivity contribution in [2.24, 2.45) is 0 Å². The first kappa shape index (κ1) is 18.1. The van der Waals surface area contributed by atoms with E-state index >= 15 is 0 Å². The van der Waals surface area contributed by atoms with Gasteiger partial charge in [0.1, 0.15) is 5.75 Å². The van der Waals surface area contributed by atoms with Crippen molar-refractivity contribution in [2.75, 3.05) is 6.61 Å². The Morgan fingerprint density at radius 2 is 1.68 bits per heavy atom. The molecule has 0 radical (unpaired) electrons. The highest BCUT2D eigenvalue weighted by atomic mass is 16.5. The minimum atomic E-state index is -0.775. The molecule has 4 heteroatoms. The van der Waals surface area contributed by atoms with E-state index < -0.39 is 5.97 Å². The summed E-state index contributed by atoms with van der Waals surface area (Å²) in [4.78, 5) is 10.9. The normalized spacial score (nSPS) is 11.1. The highest BCUT2D eigenvalue weighted by Gasteiger charge is 2.09. The molecule has 0 bridgehead atoms. The van der Waals surface area contributed by atoms with Gasteiger partial charge in [-0.05, 0) is 35.9 Å². The largest absolute Gasteiger partial charge is 0.493 e. The van der Waals surface area contributed by atoms with E-state index in [4.69, 9.17) is 9.84 Å². The fraction of sp³-hybridized carbons (Fsp3) is 0.208. The van der Waals surface area contributed by atoms with E-state index in [9.17, 15) is 4.79 Å². The zero-order valence-corrected chi connectivity index (χ0v) is 15.7. The summed E-state index contributed by atoms with van der Waals surface area (Å²) in [6.45, 7) is 1.13. The van der Waals surface area contributed by atoms with Gasteiger partial charge in [-0.2, -0.15) is 0 Å². The average Bonchev–Trinajstić information content (AvgIpc) is 3.07. The Morgan fingerprint density at radius 3 is 2.54 bits per heavy atom. The Kier molecular flexibility index (Phi) is 5.29. The Hall–Kier alpha value is -3.27. The summed E-state index contributed by atoms with van der Waals surface area (Å²) in [6.07, 6.45) is 4.01. The first-order chi connectivity index (χ1) is 13.7. The molecule has 28 heavy (non-hydrogen) atoms. The van der Waals surface area contributed by atoms with Crippen LogP contribution in [0.1, 0.15) is 18.4 Å². The van der Waals surface area contributed by atoms with E-state index in [0.717, 1.165) is 29.5 Å². The van der Waals surface area contributed by atoms with Crippen LogP contribution in [0.15, 0.2) is 72.9 Å². The lowest BCUT2D eigenvalue weighted by Gasteiger charge is -2.09. The van der Waals surface area contributed by atoms with Crippen LogP contribution in [0, 0.1) is 0 Å². The summed E-state index contributed by atoms with van der Waals surface area (Å²) < 4.78 is 8.10. The smallest absolute Gasteiger partial charge is 0.305 e. The Bertz CT molecular complexity index is 1110. The molecule has 0 aliphatic rings. The fourth-order valence-electron chi connectivity index (χ4n) is 3.69. The van der Waals surface area contributed by atoms with Crippen LogP contribution in [0.4, 0.5) is 0 Å². The van der Waals surface area contributed by atoms with Crippen molar-refractivity contribution in [3.05, 3.63) is 78.5 Å². The zero-order valence-electron chi connectivity index (χ0n) is 15.7. The van der Waals surface area contributed by atoms with Crippen LogP contribution in [-0.2, 0) is 17.8 Å². The molecular formula is C24H23NO3. The number of fused-ring (bicyclic) bond motifs is 2. The van der Waals surface area contributed by atoms with Crippen LogP contribution < -0.4 is 4.74 Å². The summed E-state index contributed by atoms with van der Waals surface area (Å²) in [5.74, 6) is 0.143. The molecule has 0 spiro atoms.